The van der Waals surface area contributed by atoms with Gasteiger partial charge >= 0.3 is 0 Å². The largest absolute Gasteiger partial charge is 0.496 e. The van der Waals surface area contributed by atoms with Gasteiger partial charge in [-0.1, -0.05) is 36.4 Å². The summed E-state index contributed by atoms with van der Waals surface area (Å²) in [5.41, 5.74) is 4.91. The third-order valence-corrected chi connectivity index (χ3v) is 6.64. The highest BCUT2D eigenvalue weighted by molar-refractivity contribution is 5.76. The second-order valence-corrected chi connectivity index (χ2v) is 9.18. The Balaban J connectivity index is 1.35. The molecule has 0 saturated carbocycles. The maximum absolute atomic E-state index is 12.5. The minimum absolute atomic E-state index is 0.0364. The van der Waals surface area contributed by atoms with E-state index >= 15 is 0 Å². The van der Waals surface area contributed by atoms with Crippen molar-refractivity contribution < 1.29 is 9.53 Å². The van der Waals surface area contributed by atoms with E-state index in [0.717, 1.165) is 62.0 Å². The van der Waals surface area contributed by atoms with Crippen molar-refractivity contribution in [3.63, 3.8) is 0 Å². The van der Waals surface area contributed by atoms with Crippen molar-refractivity contribution in [2.24, 2.45) is 0 Å². The van der Waals surface area contributed by atoms with E-state index < -0.39 is 0 Å². The van der Waals surface area contributed by atoms with Gasteiger partial charge in [0.1, 0.15) is 11.6 Å². The van der Waals surface area contributed by atoms with E-state index in [0.29, 0.717) is 6.42 Å². The lowest BCUT2D eigenvalue weighted by Gasteiger charge is -2.22. The van der Waals surface area contributed by atoms with Gasteiger partial charge in [-0.15, -0.1) is 10.2 Å². The highest BCUT2D eigenvalue weighted by Crippen LogP contribution is 2.24. The molecule has 1 N–H and O–H groups in total. The number of hydrogen-bond donors (Lipinski definition) is 1. The number of nitrogens with zero attached hydrogens (tertiary/aromatic N) is 4. The van der Waals surface area contributed by atoms with Crippen LogP contribution in [0.15, 0.2) is 42.5 Å². The van der Waals surface area contributed by atoms with Crippen LogP contribution in [-0.4, -0.2) is 45.8 Å². The van der Waals surface area contributed by atoms with Gasteiger partial charge in [0.2, 0.25) is 5.91 Å². The zero-order chi connectivity index (χ0) is 24.1. The summed E-state index contributed by atoms with van der Waals surface area (Å²) in [6, 6.07) is 14.3. The first-order valence-corrected chi connectivity index (χ1v) is 12.1. The van der Waals surface area contributed by atoms with E-state index in [9.17, 15) is 4.79 Å². The van der Waals surface area contributed by atoms with Crippen LogP contribution in [0.3, 0.4) is 0 Å². The van der Waals surface area contributed by atoms with Crippen LogP contribution < -0.4 is 10.1 Å². The molecule has 0 saturated heterocycles. The first kappa shape index (κ1) is 24.0. The molecule has 1 aromatic heterocycles. The Bertz CT molecular complexity index is 1130. The third-order valence-electron chi connectivity index (χ3n) is 6.64. The Morgan fingerprint density at radius 2 is 1.88 bits per heavy atom. The van der Waals surface area contributed by atoms with Crippen LogP contribution in [0, 0.1) is 13.8 Å². The number of carbonyl (C=O) groups is 1. The highest BCUT2D eigenvalue weighted by Gasteiger charge is 2.23. The van der Waals surface area contributed by atoms with Gasteiger partial charge in [-0.05, 0) is 55.5 Å². The number of benzene rings is 2. The van der Waals surface area contributed by atoms with E-state index in [4.69, 9.17) is 4.74 Å². The zero-order valence-electron chi connectivity index (χ0n) is 20.7. The second-order valence-electron chi connectivity index (χ2n) is 9.18. The number of fused-ring (bicyclic) bond motifs is 1. The average Bonchev–Trinajstić information content (AvgIpc) is 3.14. The van der Waals surface area contributed by atoms with Gasteiger partial charge in [-0.3, -0.25) is 9.69 Å². The molecule has 7 heteroatoms. The molecule has 1 amide bonds. The highest BCUT2D eigenvalue weighted by atomic mass is 16.5. The summed E-state index contributed by atoms with van der Waals surface area (Å²) in [6.45, 7) is 9.78. The maximum atomic E-state index is 12.5. The molecule has 1 aliphatic rings. The van der Waals surface area contributed by atoms with E-state index in [1.54, 1.807) is 7.11 Å². The third kappa shape index (κ3) is 5.65. The summed E-state index contributed by atoms with van der Waals surface area (Å²) in [7, 11) is 1.72. The fourth-order valence-electron chi connectivity index (χ4n) is 4.63. The van der Waals surface area contributed by atoms with Crippen LogP contribution in [0.5, 0.6) is 5.75 Å². The Morgan fingerprint density at radius 1 is 1.09 bits per heavy atom. The Labute approximate surface area is 202 Å². The molecule has 3 aromatic rings. The number of ether oxygens (including phenoxy) is 1. The minimum Gasteiger partial charge on any atom is -0.496 e. The molecule has 0 radical (unpaired) electrons. The summed E-state index contributed by atoms with van der Waals surface area (Å²) >= 11 is 0. The Morgan fingerprint density at radius 3 is 2.65 bits per heavy atom. The monoisotopic (exact) mass is 461 g/mol. The number of amides is 1. The molecule has 0 fully saturated rings. The summed E-state index contributed by atoms with van der Waals surface area (Å²) in [5, 5.41) is 12.0. The van der Waals surface area contributed by atoms with E-state index in [2.05, 4.69) is 63.1 Å². The summed E-state index contributed by atoms with van der Waals surface area (Å²) in [4.78, 5) is 15.0. The maximum Gasteiger partial charge on any atom is 0.220 e. The average molecular weight is 462 g/mol. The Kier molecular flexibility index (Phi) is 7.63. The molecule has 7 nitrogen and oxygen atoms in total. The molecule has 0 spiro atoms. The smallest absolute Gasteiger partial charge is 0.220 e. The predicted molar refractivity (Wildman–Crippen MR) is 133 cm³/mol. The molecule has 2 heterocycles. The molecule has 4 rings (SSSR count). The van der Waals surface area contributed by atoms with Crippen molar-refractivity contribution in [3.8, 4) is 5.75 Å². The molecule has 1 aliphatic heterocycles. The van der Waals surface area contributed by atoms with Crippen LogP contribution >= 0.6 is 0 Å². The first-order chi connectivity index (χ1) is 16.4. The SMILES string of the molecule is COc1cc(C)c(CN2CCc3nnc([C@@H](C)NC(=O)CCc4ccccc4)n3CC2)cc1C. The van der Waals surface area contributed by atoms with Crippen molar-refractivity contribution >= 4 is 5.91 Å². The number of aromatic nitrogens is 3. The topological polar surface area (TPSA) is 72.3 Å². The zero-order valence-corrected chi connectivity index (χ0v) is 20.7. The number of nitrogens with one attached hydrogen (secondary N) is 1. The molecular weight excluding hydrogens is 426 g/mol. The van der Waals surface area contributed by atoms with Crippen molar-refractivity contribution in [3.05, 3.63) is 76.4 Å². The summed E-state index contributed by atoms with van der Waals surface area (Å²) in [5.74, 6) is 2.80. The van der Waals surface area contributed by atoms with Gasteiger partial charge < -0.3 is 14.6 Å². The fraction of sp³-hybridized carbons (Fsp3) is 0.444. The molecule has 2 aromatic carbocycles. The van der Waals surface area contributed by atoms with Gasteiger partial charge in [0.05, 0.1) is 13.2 Å². The van der Waals surface area contributed by atoms with Crippen LogP contribution in [-0.2, 0) is 30.7 Å². The summed E-state index contributed by atoms with van der Waals surface area (Å²) < 4.78 is 7.65. The molecule has 34 heavy (non-hydrogen) atoms. The number of carbonyl (C=O) groups excluding carboxylic acids is 1. The predicted octanol–water partition coefficient (Wildman–Crippen LogP) is 3.77. The van der Waals surface area contributed by atoms with E-state index in [1.165, 1.54) is 16.7 Å². The van der Waals surface area contributed by atoms with Crippen molar-refractivity contribution in [2.75, 3.05) is 20.2 Å². The molecule has 0 aliphatic carbocycles. The van der Waals surface area contributed by atoms with Gasteiger partial charge in [0.15, 0.2) is 5.82 Å². The first-order valence-electron chi connectivity index (χ1n) is 12.1. The lowest BCUT2D eigenvalue weighted by atomic mass is 10.0. The molecule has 180 valence electrons. The molecule has 0 bridgehead atoms. The van der Waals surface area contributed by atoms with Gasteiger partial charge in [0, 0.05) is 39.0 Å². The van der Waals surface area contributed by atoms with E-state index in [1.807, 2.05) is 25.1 Å². The number of methoxy groups -OCH3 is 1. The standard InChI is InChI=1S/C27H35N5O2/c1-19-17-24(34-4)20(2)16-23(19)18-31-13-12-25-29-30-27(32(25)15-14-31)21(3)28-26(33)11-10-22-8-6-5-7-9-22/h5-9,16-17,21H,10-15,18H2,1-4H3,(H,28,33)/t21-/m1/s1. The molecule has 0 unspecified atom stereocenters. The lowest BCUT2D eigenvalue weighted by Crippen LogP contribution is -2.30. The van der Waals surface area contributed by atoms with Crippen LogP contribution in [0.2, 0.25) is 0 Å². The Hall–Kier alpha value is -3.19. The molecular formula is C27H35N5O2. The van der Waals surface area contributed by atoms with Gasteiger partial charge in [-0.25, -0.2) is 0 Å². The van der Waals surface area contributed by atoms with E-state index in [-0.39, 0.29) is 11.9 Å². The number of hydrogen-bond acceptors (Lipinski definition) is 5. The minimum atomic E-state index is -0.178. The van der Waals surface area contributed by atoms with Crippen LogP contribution in [0.1, 0.15) is 53.3 Å². The quantitative estimate of drug-likeness (QED) is 0.553. The number of rotatable bonds is 8. The van der Waals surface area contributed by atoms with Crippen LogP contribution in [0.4, 0.5) is 0 Å². The molecule has 1 atom stereocenters. The van der Waals surface area contributed by atoms with Crippen molar-refractivity contribution in [2.45, 2.75) is 59.2 Å². The summed E-state index contributed by atoms with van der Waals surface area (Å²) in [6.07, 6.45) is 2.04. The lowest BCUT2D eigenvalue weighted by molar-refractivity contribution is -0.121. The van der Waals surface area contributed by atoms with Crippen molar-refractivity contribution in [1.29, 1.82) is 0 Å². The number of aryl methyl sites for hydroxylation is 3. The van der Waals surface area contributed by atoms with Crippen molar-refractivity contribution in [1.82, 2.24) is 25.0 Å². The fourth-order valence-corrected chi connectivity index (χ4v) is 4.63. The van der Waals surface area contributed by atoms with Crippen LogP contribution in [0.25, 0.3) is 0 Å². The van der Waals surface area contributed by atoms with Gasteiger partial charge in [-0.2, -0.15) is 0 Å². The van der Waals surface area contributed by atoms with Gasteiger partial charge in [0.25, 0.3) is 0 Å². The second kappa shape index (κ2) is 10.8. The normalized spacial score (nSPS) is 14.8.